The maximum atomic E-state index is 11.6. The zero-order chi connectivity index (χ0) is 17.6. The standard InChI is InChI=1S/C16H30N2O5/c1-5-10(6-2)14(18-9(4)19)13-11(17)8-12(15(13)20)23-16(21)22-7-3/h10-15,20H,5-8,17H2,1-4H3,(H,18,19)/t11-,12-,13+,14?,15+/m1/s1. The average Bonchev–Trinajstić information content (AvgIpc) is 2.73. The largest absolute Gasteiger partial charge is 0.508 e. The highest BCUT2D eigenvalue weighted by molar-refractivity contribution is 5.73. The molecule has 7 heteroatoms. The van der Waals surface area contributed by atoms with Gasteiger partial charge < -0.3 is 25.6 Å². The number of carbonyl (C=O) groups is 2. The summed E-state index contributed by atoms with van der Waals surface area (Å²) in [7, 11) is 0. The molecule has 0 aliphatic heterocycles. The van der Waals surface area contributed by atoms with E-state index < -0.39 is 18.4 Å². The van der Waals surface area contributed by atoms with Gasteiger partial charge >= 0.3 is 6.16 Å². The second kappa shape index (κ2) is 9.08. The van der Waals surface area contributed by atoms with Crippen molar-refractivity contribution in [3.8, 4) is 0 Å². The van der Waals surface area contributed by atoms with Gasteiger partial charge in [-0.2, -0.15) is 0 Å². The third kappa shape index (κ3) is 5.07. The van der Waals surface area contributed by atoms with Crippen LogP contribution in [0.2, 0.25) is 0 Å². The van der Waals surface area contributed by atoms with Gasteiger partial charge in [0.15, 0.2) is 0 Å². The average molecular weight is 330 g/mol. The van der Waals surface area contributed by atoms with Gasteiger partial charge in [-0.05, 0) is 12.8 Å². The van der Waals surface area contributed by atoms with Gasteiger partial charge in [-0.15, -0.1) is 0 Å². The molecule has 5 atom stereocenters. The van der Waals surface area contributed by atoms with Crippen LogP contribution < -0.4 is 11.1 Å². The first kappa shape index (κ1) is 19.7. The molecular formula is C16H30N2O5. The molecule has 0 heterocycles. The van der Waals surface area contributed by atoms with Crippen molar-refractivity contribution in [1.29, 1.82) is 0 Å². The molecule has 1 aliphatic rings. The molecule has 1 fully saturated rings. The predicted molar refractivity (Wildman–Crippen MR) is 85.7 cm³/mol. The molecule has 0 bridgehead atoms. The SMILES string of the molecule is CCOC(=O)O[C@@H]1C[C@@H](N)[C@@H](C(NC(C)=O)C(CC)CC)[C@H]1O. The summed E-state index contributed by atoms with van der Waals surface area (Å²) >= 11 is 0. The minimum absolute atomic E-state index is 0.156. The Balaban J connectivity index is 2.89. The summed E-state index contributed by atoms with van der Waals surface area (Å²) in [6, 6.07) is -0.606. The Hall–Kier alpha value is -1.34. The lowest BCUT2D eigenvalue weighted by atomic mass is 9.81. The highest BCUT2D eigenvalue weighted by Crippen LogP contribution is 2.34. The molecule has 0 aromatic carbocycles. The molecule has 0 aromatic heterocycles. The monoisotopic (exact) mass is 330 g/mol. The van der Waals surface area contributed by atoms with Gasteiger partial charge in [-0.1, -0.05) is 26.7 Å². The van der Waals surface area contributed by atoms with Crippen molar-refractivity contribution in [2.75, 3.05) is 6.61 Å². The Morgan fingerprint density at radius 2 is 1.91 bits per heavy atom. The van der Waals surface area contributed by atoms with Crippen LogP contribution >= 0.6 is 0 Å². The van der Waals surface area contributed by atoms with Crippen LogP contribution in [0.5, 0.6) is 0 Å². The number of nitrogens with two attached hydrogens (primary N) is 1. The van der Waals surface area contributed by atoms with Gasteiger partial charge in [-0.25, -0.2) is 4.79 Å². The van der Waals surface area contributed by atoms with Crippen molar-refractivity contribution in [2.45, 2.75) is 71.2 Å². The minimum atomic E-state index is -0.924. The second-order valence-electron chi connectivity index (χ2n) is 6.11. The number of ether oxygens (including phenoxy) is 2. The Morgan fingerprint density at radius 1 is 1.30 bits per heavy atom. The van der Waals surface area contributed by atoms with Crippen LogP contribution in [0.3, 0.4) is 0 Å². The molecule has 134 valence electrons. The van der Waals surface area contributed by atoms with E-state index >= 15 is 0 Å². The van der Waals surface area contributed by atoms with Crippen LogP contribution in [0.15, 0.2) is 0 Å². The summed E-state index contributed by atoms with van der Waals surface area (Å²) in [5.74, 6) is -0.315. The highest BCUT2D eigenvalue weighted by atomic mass is 16.7. The lowest BCUT2D eigenvalue weighted by Crippen LogP contribution is -2.52. The van der Waals surface area contributed by atoms with Crippen molar-refractivity contribution in [1.82, 2.24) is 5.32 Å². The number of aliphatic hydroxyl groups excluding tert-OH is 1. The molecular weight excluding hydrogens is 300 g/mol. The van der Waals surface area contributed by atoms with E-state index in [1.165, 1.54) is 6.92 Å². The van der Waals surface area contributed by atoms with Crippen molar-refractivity contribution >= 4 is 12.1 Å². The molecule has 0 saturated heterocycles. The molecule has 23 heavy (non-hydrogen) atoms. The van der Waals surface area contributed by atoms with E-state index in [1.807, 2.05) is 13.8 Å². The number of aliphatic hydroxyl groups is 1. The molecule has 1 saturated carbocycles. The Morgan fingerprint density at radius 3 is 2.39 bits per heavy atom. The lowest BCUT2D eigenvalue weighted by Gasteiger charge is -2.35. The fourth-order valence-electron chi connectivity index (χ4n) is 3.50. The van der Waals surface area contributed by atoms with E-state index in [9.17, 15) is 14.7 Å². The molecule has 1 rings (SSSR count). The Bertz CT molecular complexity index is 400. The first-order valence-electron chi connectivity index (χ1n) is 8.39. The topological polar surface area (TPSA) is 111 Å². The van der Waals surface area contributed by atoms with Crippen molar-refractivity contribution in [3.05, 3.63) is 0 Å². The number of nitrogens with one attached hydrogen (secondary N) is 1. The molecule has 0 radical (unpaired) electrons. The summed E-state index contributed by atoms with van der Waals surface area (Å²) in [5, 5.41) is 13.5. The first-order chi connectivity index (χ1) is 10.8. The maximum Gasteiger partial charge on any atom is 0.508 e. The number of hydrogen-bond donors (Lipinski definition) is 3. The summed E-state index contributed by atoms with van der Waals surface area (Å²) < 4.78 is 9.92. The number of hydrogen-bond acceptors (Lipinski definition) is 6. The van der Waals surface area contributed by atoms with E-state index in [4.69, 9.17) is 15.2 Å². The van der Waals surface area contributed by atoms with E-state index in [0.29, 0.717) is 6.42 Å². The zero-order valence-electron chi connectivity index (χ0n) is 14.5. The molecule has 1 amide bonds. The van der Waals surface area contributed by atoms with Crippen LogP contribution in [0.1, 0.15) is 47.0 Å². The van der Waals surface area contributed by atoms with Crippen LogP contribution in [-0.2, 0) is 14.3 Å². The molecule has 1 unspecified atom stereocenters. The minimum Gasteiger partial charge on any atom is -0.435 e. The molecule has 4 N–H and O–H groups in total. The van der Waals surface area contributed by atoms with Crippen molar-refractivity contribution in [2.24, 2.45) is 17.6 Å². The number of rotatable bonds is 7. The third-order valence-corrected chi connectivity index (χ3v) is 4.63. The van der Waals surface area contributed by atoms with E-state index in [2.05, 4.69) is 5.32 Å². The molecule has 0 aromatic rings. The lowest BCUT2D eigenvalue weighted by molar-refractivity contribution is -0.121. The van der Waals surface area contributed by atoms with Gasteiger partial charge in [0.25, 0.3) is 0 Å². The van der Waals surface area contributed by atoms with E-state index in [0.717, 1.165) is 12.8 Å². The van der Waals surface area contributed by atoms with Crippen LogP contribution in [0.4, 0.5) is 4.79 Å². The maximum absolute atomic E-state index is 11.6. The van der Waals surface area contributed by atoms with Crippen LogP contribution in [0, 0.1) is 11.8 Å². The van der Waals surface area contributed by atoms with Crippen LogP contribution in [0.25, 0.3) is 0 Å². The Kier molecular flexibility index (Phi) is 7.78. The van der Waals surface area contributed by atoms with Gasteiger partial charge in [0.05, 0.1) is 12.7 Å². The van der Waals surface area contributed by atoms with E-state index in [1.54, 1.807) is 6.92 Å². The summed E-state index contributed by atoms with van der Waals surface area (Å²) in [6.45, 7) is 7.43. The molecule has 0 spiro atoms. The predicted octanol–water partition coefficient (Wildman–Crippen LogP) is 1.18. The van der Waals surface area contributed by atoms with Gasteiger partial charge in [0, 0.05) is 31.3 Å². The van der Waals surface area contributed by atoms with Gasteiger partial charge in [-0.3, -0.25) is 4.79 Å². The summed E-state index contributed by atoms with van der Waals surface area (Å²) in [6.07, 6.45) is -0.364. The second-order valence-corrected chi connectivity index (χ2v) is 6.11. The van der Waals surface area contributed by atoms with Crippen LogP contribution in [-0.4, -0.2) is 48.1 Å². The smallest absolute Gasteiger partial charge is 0.435 e. The van der Waals surface area contributed by atoms with Gasteiger partial charge in [0.1, 0.15) is 6.10 Å². The number of amides is 1. The highest BCUT2D eigenvalue weighted by Gasteiger charge is 2.48. The van der Waals surface area contributed by atoms with Crippen molar-refractivity contribution in [3.63, 3.8) is 0 Å². The fourth-order valence-corrected chi connectivity index (χ4v) is 3.50. The first-order valence-corrected chi connectivity index (χ1v) is 8.39. The Labute approximate surface area is 137 Å². The normalized spacial score (nSPS) is 28.5. The zero-order valence-corrected chi connectivity index (χ0v) is 14.5. The van der Waals surface area contributed by atoms with Crippen molar-refractivity contribution < 1.29 is 24.2 Å². The third-order valence-electron chi connectivity index (χ3n) is 4.63. The number of carbonyl (C=O) groups excluding carboxylic acids is 2. The molecule has 1 aliphatic carbocycles. The summed E-state index contributed by atoms with van der Waals surface area (Å²) in [5.41, 5.74) is 6.19. The van der Waals surface area contributed by atoms with Gasteiger partial charge in [0.2, 0.25) is 5.91 Å². The fraction of sp³-hybridized carbons (Fsp3) is 0.875. The van der Waals surface area contributed by atoms with E-state index in [-0.39, 0.29) is 36.4 Å². The summed E-state index contributed by atoms with van der Waals surface area (Å²) in [4.78, 5) is 23.1. The molecule has 7 nitrogen and oxygen atoms in total. The quantitative estimate of drug-likeness (QED) is 0.604.